The molecule has 89 valence electrons. The predicted molar refractivity (Wildman–Crippen MR) is 64.0 cm³/mol. The molecule has 0 fully saturated rings. The summed E-state index contributed by atoms with van der Waals surface area (Å²) in [5.41, 5.74) is 0.837. The molecule has 0 aliphatic heterocycles. The highest BCUT2D eigenvalue weighted by atomic mass is 16.6. The van der Waals surface area contributed by atoms with Crippen molar-refractivity contribution in [1.82, 2.24) is 0 Å². The second kappa shape index (κ2) is 4.62. The summed E-state index contributed by atoms with van der Waals surface area (Å²) in [6.07, 6.45) is 0. The van der Waals surface area contributed by atoms with E-state index in [4.69, 9.17) is 0 Å². The maximum absolute atomic E-state index is 10.6. The number of hydrogen-bond donors (Lipinski definition) is 0. The molecule has 6 nitrogen and oxygen atoms in total. The number of nitro groups is 2. The molecular formula is C12H7N2O4. The summed E-state index contributed by atoms with van der Waals surface area (Å²) in [6.45, 7) is 0. The maximum atomic E-state index is 10.6. The summed E-state index contributed by atoms with van der Waals surface area (Å²) in [4.78, 5) is 20.3. The smallest absolute Gasteiger partial charge is 0.258 e. The van der Waals surface area contributed by atoms with Crippen LogP contribution in [0.15, 0.2) is 42.5 Å². The average Bonchev–Trinajstić information content (AvgIpc) is 2.39. The van der Waals surface area contributed by atoms with Crippen molar-refractivity contribution in [3.8, 4) is 11.1 Å². The van der Waals surface area contributed by atoms with E-state index in [0.717, 1.165) is 0 Å². The van der Waals surface area contributed by atoms with Crippen molar-refractivity contribution in [2.24, 2.45) is 0 Å². The minimum Gasteiger partial charge on any atom is -0.258 e. The molecule has 0 aliphatic rings. The van der Waals surface area contributed by atoms with Gasteiger partial charge < -0.3 is 0 Å². The number of nitro benzene ring substituents is 2. The maximum Gasteiger partial charge on any atom is 0.270 e. The molecule has 0 saturated heterocycles. The van der Waals surface area contributed by atoms with Gasteiger partial charge in [0.05, 0.1) is 9.85 Å². The number of rotatable bonds is 3. The molecule has 0 bridgehead atoms. The van der Waals surface area contributed by atoms with Crippen LogP contribution in [0, 0.1) is 26.3 Å². The van der Waals surface area contributed by atoms with E-state index in [-0.39, 0.29) is 11.4 Å². The van der Waals surface area contributed by atoms with Gasteiger partial charge in [-0.15, -0.1) is 0 Å². The topological polar surface area (TPSA) is 86.3 Å². The number of nitrogens with zero attached hydrogens (tertiary/aromatic N) is 2. The molecule has 0 spiro atoms. The number of benzene rings is 2. The van der Waals surface area contributed by atoms with Crippen molar-refractivity contribution in [2.75, 3.05) is 0 Å². The lowest BCUT2D eigenvalue weighted by atomic mass is 10.0. The SMILES string of the molecule is O=[N+]([O-])c1cc[c]c(-c2cccc([N+](=O)[O-])c2)c1. The third-order valence-electron chi connectivity index (χ3n) is 2.36. The Balaban J connectivity index is 2.48. The number of non-ortho nitro benzene ring substituents is 2. The first-order valence-corrected chi connectivity index (χ1v) is 4.99. The molecular weight excluding hydrogens is 236 g/mol. The largest absolute Gasteiger partial charge is 0.270 e. The van der Waals surface area contributed by atoms with Crippen LogP contribution in [0.1, 0.15) is 0 Å². The zero-order valence-electron chi connectivity index (χ0n) is 9.07. The van der Waals surface area contributed by atoms with Crippen LogP contribution in [0.25, 0.3) is 11.1 Å². The third-order valence-corrected chi connectivity index (χ3v) is 2.36. The van der Waals surface area contributed by atoms with E-state index >= 15 is 0 Å². The Morgan fingerprint density at radius 1 is 0.944 bits per heavy atom. The summed E-state index contributed by atoms with van der Waals surface area (Å²) < 4.78 is 0. The fourth-order valence-electron chi connectivity index (χ4n) is 1.52. The molecule has 0 saturated carbocycles. The van der Waals surface area contributed by atoms with Crippen molar-refractivity contribution in [3.05, 3.63) is 68.8 Å². The van der Waals surface area contributed by atoms with Crippen LogP contribution in [-0.2, 0) is 0 Å². The van der Waals surface area contributed by atoms with Crippen LogP contribution in [0.5, 0.6) is 0 Å². The predicted octanol–water partition coefficient (Wildman–Crippen LogP) is 2.97. The van der Waals surface area contributed by atoms with Crippen molar-refractivity contribution in [3.63, 3.8) is 0 Å². The van der Waals surface area contributed by atoms with Gasteiger partial charge in [0, 0.05) is 24.3 Å². The fraction of sp³-hybridized carbons (Fsp3) is 0. The lowest BCUT2D eigenvalue weighted by molar-refractivity contribution is -0.385. The van der Waals surface area contributed by atoms with Crippen molar-refractivity contribution >= 4 is 11.4 Å². The van der Waals surface area contributed by atoms with E-state index in [0.29, 0.717) is 11.1 Å². The van der Waals surface area contributed by atoms with Gasteiger partial charge in [0.2, 0.25) is 0 Å². The Labute approximate surface area is 102 Å². The normalized spacial score (nSPS) is 10.0. The Morgan fingerprint density at radius 3 is 2.28 bits per heavy atom. The molecule has 0 aromatic heterocycles. The van der Waals surface area contributed by atoms with Gasteiger partial charge >= 0.3 is 0 Å². The molecule has 1 radical (unpaired) electrons. The molecule has 0 N–H and O–H groups in total. The summed E-state index contributed by atoms with van der Waals surface area (Å²) >= 11 is 0. The molecule has 0 aliphatic carbocycles. The van der Waals surface area contributed by atoms with E-state index in [1.165, 1.54) is 36.4 Å². The Morgan fingerprint density at radius 2 is 1.61 bits per heavy atom. The highest BCUT2D eigenvalue weighted by Crippen LogP contribution is 2.26. The standard InChI is InChI=1S/C12H7N2O4/c15-13(16)11-5-1-3-9(7-11)10-4-2-6-12(8-10)14(17)18/h1-3,5-8H. The van der Waals surface area contributed by atoms with Gasteiger partial charge in [-0.2, -0.15) is 0 Å². The average molecular weight is 243 g/mol. The van der Waals surface area contributed by atoms with Gasteiger partial charge in [0.1, 0.15) is 0 Å². The molecule has 0 heterocycles. The Bertz CT molecular complexity index is 569. The summed E-state index contributed by atoms with van der Waals surface area (Å²) in [5.74, 6) is 0. The fourth-order valence-corrected chi connectivity index (χ4v) is 1.52. The summed E-state index contributed by atoms with van der Waals surface area (Å²) in [7, 11) is 0. The minimum absolute atomic E-state index is 0.0626. The van der Waals surface area contributed by atoms with Gasteiger partial charge in [0.15, 0.2) is 0 Å². The van der Waals surface area contributed by atoms with E-state index in [1.54, 1.807) is 6.07 Å². The highest BCUT2D eigenvalue weighted by Gasteiger charge is 2.10. The molecule has 0 amide bonds. The van der Waals surface area contributed by atoms with E-state index in [1.807, 2.05) is 0 Å². The first-order chi connectivity index (χ1) is 8.58. The lowest BCUT2D eigenvalue weighted by Crippen LogP contribution is -1.90. The molecule has 2 aromatic carbocycles. The van der Waals surface area contributed by atoms with Crippen molar-refractivity contribution < 1.29 is 9.85 Å². The summed E-state index contributed by atoms with van der Waals surface area (Å²) in [5, 5.41) is 21.3. The van der Waals surface area contributed by atoms with Gasteiger partial charge in [-0.05, 0) is 23.3 Å². The molecule has 18 heavy (non-hydrogen) atoms. The van der Waals surface area contributed by atoms with Crippen LogP contribution >= 0.6 is 0 Å². The second-order valence-corrected chi connectivity index (χ2v) is 3.53. The van der Waals surface area contributed by atoms with Gasteiger partial charge in [-0.3, -0.25) is 20.2 Å². The van der Waals surface area contributed by atoms with Crippen LogP contribution in [-0.4, -0.2) is 9.85 Å². The molecule has 6 heteroatoms. The van der Waals surface area contributed by atoms with E-state index in [9.17, 15) is 20.2 Å². The van der Waals surface area contributed by atoms with Crippen LogP contribution < -0.4 is 0 Å². The third kappa shape index (κ3) is 2.32. The second-order valence-electron chi connectivity index (χ2n) is 3.53. The van der Waals surface area contributed by atoms with Crippen molar-refractivity contribution in [1.29, 1.82) is 0 Å². The van der Waals surface area contributed by atoms with Crippen LogP contribution in [0.4, 0.5) is 11.4 Å². The van der Waals surface area contributed by atoms with Gasteiger partial charge in [0.25, 0.3) is 11.4 Å². The zero-order valence-corrected chi connectivity index (χ0v) is 9.07. The van der Waals surface area contributed by atoms with Gasteiger partial charge in [-0.25, -0.2) is 0 Å². The van der Waals surface area contributed by atoms with Crippen LogP contribution in [0.2, 0.25) is 0 Å². The monoisotopic (exact) mass is 243 g/mol. The number of hydrogen-bond acceptors (Lipinski definition) is 4. The molecule has 2 rings (SSSR count). The van der Waals surface area contributed by atoms with Gasteiger partial charge in [-0.1, -0.05) is 12.1 Å². The molecule has 0 atom stereocenters. The first-order valence-electron chi connectivity index (χ1n) is 4.99. The zero-order chi connectivity index (χ0) is 13.1. The Kier molecular flexibility index (Phi) is 3.01. The molecule has 2 aromatic rings. The van der Waals surface area contributed by atoms with E-state index in [2.05, 4.69) is 6.07 Å². The van der Waals surface area contributed by atoms with Crippen LogP contribution in [0.3, 0.4) is 0 Å². The lowest BCUT2D eigenvalue weighted by Gasteiger charge is -2.00. The highest BCUT2D eigenvalue weighted by molar-refractivity contribution is 5.67. The quantitative estimate of drug-likeness (QED) is 0.612. The summed E-state index contributed by atoms with van der Waals surface area (Å²) in [6, 6.07) is 12.8. The Hall–Kier alpha value is -2.76. The molecule has 0 unspecified atom stereocenters. The van der Waals surface area contributed by atoms with E-state index < -0.39 is 9.85 Å². The van der Waals surface area contributed by atoms with Crippen molar-refractivity contribution in [2.45, 2.75) is 0 Å². The first kappa shape index (κ1) is 11.7. The minimum atomic E-state index is -0.519.